The van der Waals surface area contributed by atoms with Crippen molar-refractivity contribution in [3.63, 3.8) is 0 Å². The lowest BCUT2D eigenvalue weighted by Gasteiger charge is -2.28. The topological polar surface area (TPSA) is 88.0 Å². The Balaban J connectivity index is 2.37. The summed E-state index contributed by atoms with van der Waals surface area (Å²) in [6, 6.07) is 5.78. The zero-order valence-corrected chi connectivity index (χ0v) is 10.6. The highest BCUT2D eigenvalue weighted by Crippen LogP contribution is 2.28. The Hall–Kier alpha value is -2.37. The number of carboxylic acid groups (broad SMARTS) is 1. The van der Waals surface area contributed by atoms with Gasteiger partial charge in [-0.25, -0.2) is 9.79 Å². The Morgan fingerprint density at radius 2 is 2.00 bits per heavy atom. The van der Waals surface area contributed by atoms with Crippen molar-refractivity contribution in [2.45, 2.75) is 13.0 Å². The van der Waals surface area contributed by atoms with Crippen LogP contribution in [0.3, 0.4) is 0 Å². The van der Waals surface area contributed by atoms with Crippen LogP contribution in [-0.2, 0) is 4.79 Å². The van der Waals surface area contributed by atoms with Gasteiger partial charge in [0, 0.05) is 5.71 Å². The number of benzene rings is 1. The summed E-state index contributed by atoms with van der Waals surface area (Å²) in [6.07, 6.45) is 0. The predicted molar refractivity (Wildman–Crippen MR) is 68.5 cm³/mol. The average Bonchev–Trinajstić information content (AvgIpc) is 2.37. The molecule has 0 saturated carbocycles. The van der Waals surface area contributed by atoms with Gasteiger partial charge < -0.3 is 15.2 Å². The van der Waals surface area contributed by atoms with Gasteiger partial charge in [0.05, 0.1) is 13.2 Å². The van der Waals surface area contributed by atoms with Gasteiger partial charge in [0.1, 0.15) is 11.7 Å². The van der Waals surface area contributed by atoms with Crippen LogP contribution in [-0.4, -0.2) is 29.9 Å². The fourth-order valence-corrected chi connectivity index (χ4v) is 2.13. The number of amides is 2. The molecule has 2 rings (SSSR count). The van der Waals surface area contributed by atoms with Crippen molar-refractivity contribution in [1.29, 1.82) is 0 Å². The van der Waals surface area contributed by atoms with E-state index in [0.29, 0.717) is 17.0 Å². The molecule has 100 valence electrons. The normalized spacial score (nSPS) is 22.4. The van der Waals surface area contributed by atoms with Gasteiger partial charge in [0.15, 0.2) is 0 Å². The molecule has 19 heavy (non-hydrogen) atoms. The van der Waals surface area contributed by atoms with E-state index in [1.807, 2.05) is 0 Å². The number of aliphatic imine (C=N–C) groups is 1. The molecule has 0 fully saturated rings. The van der Waals surface area contributed by atoms with E-state index < -0.39 is 24.0 Å². The molecular weight excluding hydrogens is 248 g/mol. The molecule has 1 aliphatic heterocycles. The third-order valence-electron chi connectivity index (χ3n) is 3.08. The fourth-order valence-electron chi connectivity index (χ4n) is 2.13. The zero-order valence-electron chi connectivity index (χ0n) is 10.6. The summed E-state index contributed by atoms with van der Waals surface area (Å²) in [7, 11) is 1.55. The Morgan fingerprint density at radius 3 is 2.53 bits per heavy atom. The second-order valence-corrected chi connectivity index (χ2v) is 4.27. The van der Waals surface area contributed by atoms with Gasteiger partial charge in [-0.1, -0.05) is 12.1 Å². The van der Waals surface area contributed by atoms with Crippen LogP contribution in [0.1, 0.15) is 18.5 Å². The number of ether oxygens (including phenoxy) is 1. The Morgan fingerprint density at radius 1 is 1.37 bits per heavy atom. The number of hydrogen-bond acceptors (Lipinski definition) is 3. The molecule has 2 amide bonds. The third-order valence-corrected chi connectivity index (χ3v) is 3.08. The molecule has 0 unspecified atom stereocenters. The van der Waals surface area contributed by atoms with Crippen LogP contribution in [0.4, 0.5) is 4.79 Å². The van der Waals surface area contributed by atoms with E-state index >= 15 is 0 Å². The van der Waals surface area contributed by atoms with Crippen molar-refractivity contribution in [2.75, 3.05) is 7.11 Å². The number of nitrogens with zero attached hydrogens (tertiary/aromatic N) is 1. The number of carbonyl (C=O) groups excluding carboxylic acids is 1. The minimum absolute atomic E-state index is 0.303. The highest BCUT2D eigenvalue weighted by Gasteiger charge is 2.36. The molecule has 6 heteroatoms. The molecule has 2 atom stereocenters. The molecule has 2 N–H and O–H groups in total. The summed E-state index contributed by atoms with van der Waals surface area (Å²) in [6.45, 7) is 1.55. The SMILES string of the molecule is COc1ccc([C@H]2NC(=O)N=C(C)[C@H]2C(=O)O)cc1. The predicted octanol–water partition coefficient (Wildman–Crippen LogP) is 1.62. The van der Waals surface area contributed by atoms with E-state index in [1.165, 1.54) is 0 Å². The monoisotopic (exact) mass is 262 g/mol. The van der Waals surface area contributed by atoms with Crippen molar-refractivity contribution in [3.8, 4) is 5.75 Å². The summed E-state index contributed by atoms with van der Waals surface area (Å²) in [5.41, 5.74) is 1.01. The van der Waals surface area contributed by atoms with Crippen molar-refractivity contribution < 1.29 is 19.4 Å². The van der Waals surface area contributed by atoms with E-state index in [-0.39, 0.29) is 0 Å². The lowest BCUT2D eigenvalue weighted by atomic mass is 9.88. The van der Waals surface area contributed by atoms with Crippen LogP contribution >= 0.6 is 0 Å². The Bertz CT molecular complexity index is 536. The first-order valence-corrected chi connectivity index (χ1v) is 5.75. The number of aliphatic carboxylic acids is 1. The van der Waals surface area contributed by atoms with Gasteiger partial charge in [0.25, 0.3) is 0 Å². The maximum Gasteiger partial charge on any atom is 0.341 e. The minimum atomic E-state index is -1.01. The third kappa shape index (κ3) is 2.57. The van der Waals surface area contributed by atoms with Crippen LogP contribution in [0.15, 0.2) is 29.3 Å². The number of carbonyl (C=O) groups is 2. The number of carboxylic acids is 1. The smallest absolute Gasteiger partial charge is 0.341 e. The van der Waals surface area contributed by atoms with Crippen molar-refractivity contribution in [2.24, 2.45) is 10.9 Å². The summed E-state index contributed by atoms with van der Waals surface area (Å²) in [5, 5.41) is 11.9. The second kappa shape index (κ2) is 5.09. The van der Waals surface area contributed by atoms with Crippen LogP contribution in [0.25, 0.3) is 0 Å². The van der Waals surface area contributed by atoms with Crippen LogP contribution in [0.5, 0.6) is 5.75 Å². The Kier molecular flexibility index (Phi) is 3.50. The molecule has 0 aliphatic carbocycles. The summed E-state index contributed by atoms with van der Waals surface area (Å²) >= 11 is 0. The van der Waals surface area contributed by atoms with Crippen LogP contribution < -0.4 is 10.1 Å². The lowest BCUT2D eigenvalue weighted by Crippen LogP contribution is -2.43. The molecule has 6 nitrogen and oxygen atoms in total. The van der Waals surface area contributed by atoms with Gasteiger partial charge in [-0.3, -0.25) is 4.79 Å². The van der Waals surface area contributed by atoms with Gasteiger partial charge >= 0.3 is 12.0 Å². The number of methoxy groups -OCH3 is 1. The average molecular weight is 262 g/mol. The molecule has 1 heterocycles. The van der Waals surface area contributed by atoms with Crippen molar-refractivity contribution in [1.82, 2.24) is 5.32 Å². The van der Waals surface area contributed by atoms with Crippen molar-refractivity contribution >= 4 is 17.7 Å². The fraction of sp³-hybridized carbons (Fsp3) is 0.308. The standard InChI is InChI=1S/C13H14N2O4/c1-7-10(12(16)17)11(15-13(18)14-7)8-3-5-9(19-2)6-4-8/h3-6,10-11H,1-2H3,(H,15,18)(H,16,17)/t10-,11-/m1/s1. The van der Waals surface area contributed by atoms with Gasteiger partial charge in [-0.05, 0) is 24.6 Å². The molecule has 0 spiro atoms. The highest BCUT2D eigenvalue weighted by molar-refractivity contribution is 6.07. The molecule has 0 saturated heterocycles. The number of nitrogens with one attached hydrogen (secondary N) is 1. The number of rotatable bonds is 3. The summed E-state index contributed by atoms with van der Waals surface area (Å²) in [5.74, 6) is -1.20. The summed E-state index contributed by atoms with van der Waals surface area (Å²) < 4.78 is 5.05. The van der Waals surface area contributed by atoms with E-state index in [1.54, 1.807) is 38.3 Å². The molecule has 1 aromatic rings. The quantitative estimate of drug-likeness (QED) is 0.866. The van der Waals surface area contributed by atoms with Crippen molar-refractivity contribution in [3.05, 3.63) is 29.8 Å². The van der Waals surface area contributed by atoms with Crippen LogP contribution in [0.2, 0.25) is 0 Å². The van der Waals surface area contributed by atoms with E-state index in [9.17, 15) is 14.7 Å². The second-order valence-electron chi connectivity index (χ2n) is 4.27. The van der Waals surface area contributed by atoms with Crippen LogP contribution in [0, 0.1) is 5.92 Å². The van der Waals surface area contributed by atoms with Gasteiger partial charge in [-0.2, -0.15) is 0 Å². The molecule has 0 aromatic heterocycles. The first-order valence-electron chi connectivity index (χ1n) is 5.75. The van der Waals surface area contributed by atoms with Gasteiger partial charge in [0.2, 0.25) is 0 Å². The minimum Gasteiger partial charge on any atom is -0.497 e. The molecule has 0 radical (unpaired) electrons. The maximum absolute atomic E-state index is 11.4. The number of hydrogen-bond donors (Lipinski definition) is 2. The first kappa shape index (κ1) is 13.1. The number of urea groups is 1. The molecule has 1 aromatic carbocycles. The summed E-state index contributed by atoms with van der Waals surface area (Å²) in [4.78, 5) is 26.4. The maximum atomic E-state index is 11.4. The lowest BCUT2D eigenvalue weighted by molar-refractivity contribution is -0.140. The molecular formula is C13H14N2O4. The van der Waals surface area contributed by atoms with E-state index in [2.05, 4.69) is 10.3 Å². The van der Waals surface area contributed by atoms with E-state index in [4.69, 9.17) is 4.74 Å². The van der Waals surface area contributed by atoms with E-state index in [0.717, 1.165) is 0 Å². The molecule has 1 aliphatic rings. The Labute approximate surface area is 110 Å². The van der Waals surface area contributed by atoms with Gasteiger partial charge in [-0.15, -0.1) is 0 Å². The zero-order chi connectivity index (χ0) is 14.0. The largest absolute Gasteiger partial charge is 0.497 e. The molecule has 0 bridgehead atoms. The first-order chi connectivity index (χ1) is 9.02. The highest BCUT2D eigenvalue weighted by atomic mass is 16.5.